The van der Waals surface area contributed by atoms with E-state index in [0.717, 1.165) is 71.6 Å². The summed E-state index contributed by atoms with van der Waals surface area (Å²) in [5.74, 6) is 1.64. The number of aromatic carboxylic acids is 1. The third-order valence-electron chi connectivity index (χ3n) is 7.02. The SMILES string of the molecule is COc1ccc(CN(CCCCC2CCCN(c3cc(I)ccc3C(=O)O)C2)c2nc(C)cc(N)n2)cc1. The first-order valence-corrected chi connectivity index (χ1v) is 14.2. The van der Waals surface area contributed by atoms with Crippen LogP contribution in [0, 0.1) is 16.4 Å². The molecule has 1 fully saturated rings. The number of aromatic nitrogens is 2. The maximum absolute atomic E-state index is 11.8. The van der Waals surface area contributed by atoms with Crippen LogP contribution in [0.2, 0.25) is 0 Å². The average Bonchev–Trinajstić information content (AvgIpc) is 2.90. The number of ether oxygens (including phenoxy) is 1. The minimum absolute atomic E-state index is 0.387. The fourth-order valence-corrected chi connectivity index (χ4v) is 5.60. The summed E-state index contributed by atoms with van der Waals surface area (Å²) in [4.78, 5) is 25.4. The number of methoxy groups -OCH3 is 1. The van der Waals surface area contributed by atoms with Crippen LogP contribution in [0.1, 0.15) is 53.7 Å². The molecule has 1 aromatic heterocycles. The van der Waals surface area contributed by atoms with Crippen molar-refractivity contribution in [3.05, 3.63) is 68.9 Å². The molecule has 3 N–H and O–H groups in total. The van der Waals surface area contributed by atoms with E-state index in [4.69, 9.17) is 10.5 Å². The summed E-state index contributed by atoms with van der Waals surface area (Å²) < 4.78 is 6.36. The molecule has 0 amide bonds. The van der Waals surface area contributed by atoms with Crippen LogP contribution in [-0.4, -0.2) is 47.8 Å². The van der Waals surface area contributed by atoms with Gasteiger partial charge in [-0.2, -0.15) is 4.98 Å². The number of carboxylic acid groups (broad SMARTS) is 1. The molecule has 9 heteroatoms. The number of carbonyl (C=O) groups is 1. The lowest BCUT2D eigenvalue weighted by molar-refractivity contribution is 0.0697. The van der Waals surface area contributed by atoms with Crippen LogP contribution in [-0.2, 0) is 6.54 Å². The lowest BCUT2D eigenvalue weighted by atomic mass is 9.92. The normalized spacial score (nSPS) is 15.3. The van der Waals surface area contributed by atoms with Gasteiger partial charge < -0.3 is 25.4 Å². The van der Waals surface area contributed by atoms with Crippen molar-refractivity contribution in [1.82, 2.24) is 9.97 Å². The smallest absolute Gasteiger partial charge is 0.337 e. The molecular formula is C29H36IN5O3. The highest BCUT2D eigenvalue weighted by atomic mass is 127. The molecule has 0 bridgehead atoms. The van der Waals surface area contributed by atoms with Gasteiger partial charge in [-0.1, -0.05) is 18.6 Å². The van der Waals surface area contributed by atoms with E-state index in [9.17, 15) is 9.90 Å². The fourth-order valence-electron chi connectivity index (χ4n) is 5.12. The number of rotatable bonds is 11. The molecule has 1 unspecified atom stereocenters. The van der Waals surface area contributed by atoms with E-state index >= 15 is 0 Å². The molecular weight excluding hydrogens is 593 g/mol. The van der Waals surface area contributed by atoms with Crippen molar-refractivity contribution in [2.75, 3.05) is 42.3 Å². The van der Waals surface area contributed by atoms with Crippen LogP contribution in [0.25, 0.3) is 0 Å². The van der Waals surface area contributed by atoms with E-state index < -0.39 is 5.97 Å². The molecule has 3 aromatic rings. The van der Waals surface area contributed by atoms with Gasteiger partial charge in [0.25, 0.3) is 0 Å². The summed E-state index contributed by atoms with van der Waals surface area (Å²) in [5, 5.41) is 9.68. The first-order valence-electron chi connectivity index (χ1n) is 13.1. The molecule has 0 spiro atoms. The third-order valence-corrected chi connectivity index (χ3v) is 7.69. The lowest BCUT2D eigenvalue weighted by Gasteiger charge is -2.35. The van der Waals surface area contributed by atoms with Gasteiger partial charge in [-0.3, -0.25) is 0 Å². The molecule has 1 aliphatic heterocycles. The molecule has 2 aromatic carbocycles. The monoisotopic (exact) mass is 629 g/mol. The summed E-state index contributed by atoms with van der Waals surface area (Å²) in [6, 6.07) is 15.4. The Kier molecular flexibility index (Phi) is 9.65. The Hall–Kier alpha value is -3.08. The van der Waals surface area contributed by atoms with Crippen LogP contribution in [0.4, 0.5) is 17.5 Å². The molecule has 1 aliphatic rings. The van der Waals surface area contributed by atoms with Crippen molar-refractivity contribution in [2.45, 2.75) is 45.6 Å². The van der Waals surface area contributed by atoms with E-state index in [0.29, 0.717) is 29.8 Å². The first kappa shape index (κ1) is 27.9. The van der Waals surface area contributed by atoms with Crippen molar-refractivity contribution in [3.63, 3.8) is 0 Å². The van der Waals surface area contributed by atoms with Crippen LogP contribution in [0.5, 0.6) is 5.75 Å². The van der Waals surface area contributed by atoms with Crippen LogP contribution >= 0.6 is 22.6 Å². The Morgan fingerprint density at radius 1 is 1.18 bits per heavy atom. The van der Waals surface area contributed by atoms with E-state index in [-0.39, 0.29) is 0 Å². The van der Waals surface area contributed by atoms with E-state index in [1.165, 1.54) is 6.42 Å². The Morgan fingerprint density at radius 2 is 1.97 bits per heavy atom. The number of aryl methyl sites for hydroxylation is 1. The van der Waals surface area contributed by atoms with Crippen molar-refractivity contribution in [1.29, 1.82) is 0 Å². The molecule has 0 aliphatic carbocycles. The number of nitrogens with zero attached hydrogens (tertiary/aromatic N) is 4. The summed E-state index contributed by atoms with van der Waals surface area (Å²) >= 11 is 2.25. The predicted molar refractivity (Wildman–Crippen MR) is 160 cm³/mol. The van der Waals surface area contributed by atoms with Gasteiger partial charge in [0.2, 0.25) is 5.95 Å². The molecule has 0 radical (unpaired) electrons. The Morgan fingerprint density at radius 3 is 2.68 bits per heavy atom. The lowest BCUT2D eigenvalue weighted by Crippen LogP contribution is -2.36. The molecule has 4 rings (SSSR count). The topological polar surface area (TPSA) is 105 Å². The number of unbranched alkanes of at least 4 members (excludes halogenated alkanes) is 1. The number of halogens is 1. The van der Waals surface area contributed by atoms with Crippen molar-refractivity contribution in [3.8, 4) is 5.75 Å². The van der Waals surface area contributed by atoms with Gasteiger partial charge in [0, 0.05) is 41.5 Å². The van der Waals surface area contributed by atoms with Crippen LogP contribution in [0.15, 0.2) is 48.5 Å². The van der Waals surface area contributed by atoms with Crippen molar-refractivity contribution in [2.24, 2.45) is 5.92 Å². The molecule has 0 saturated carbocycles. The molecule has 2 heterocycles. The summed E-state index contributed by atoms with van der Waals surface area (Å²) in [6.45, 7) is 5.25. The number of hydrogen-bond donors (Lipinski definition) is 2. The number of nitrogens with two attached hydrogens (primary N) is 1. The fraction of sp³-hybridized carbons (Fsp3) is 0.414. The maximum atomic E-state index is 11.8. The van der Waals surface area contributed by atoms with Crippen molar-refractivity contribution >= 4 is 46.0 Å². The summed E-state index contributed by atoms with van der Waals surface area (Å²) in [6.07, 6.45) is 5.45. The van der Waals surface area contributed by atoms with Gasteiger partial charge in [-0.25, -0.2) is 9.78 Å². The number of nitrogen functional groups attached to an aromatic ring is 1. The van der Waals surface area contributed by atoms with Gasteiger partial charge in [0.05, 0.1) is 18.4 Å². The van der Waals surface area contributed by atoms with E-state index in [1.807, 2.05) is 31.2 Å². The Bertz CT molecular complexity index is 1220. The van der Waals surface area contributed by atoms with Gasteiger partial charge >= 0.3 is 5.97 Å². The van der Waals surface area contributed by atoms with Gasteiger partial charge in [0.15, 0.2) is 0 Å². The summed E-state index contributed by atoms with van der Waals surface area (Å²) in [7, 11) is 1.67. The van der Waals surface area contributed by atoms with Gasteiger partial charge in [-0.05, 0) is 97.0 Å². The zero-order valence-electron chi connectivity index (χ0n) is 22.1. The number of anilines is 3. The molecule has 1 atom stereocenters. The minimum Gasteiger partial charge on any atom is -0.497 e. The standard InChI is InChI=1S/C29H36IN5O3/c1-20-16-27(31)33-29(32-20)35(19-22-8-11-24(38-2)12-9-22)14-4-3-6-21-7-5-15-34(18-21)26-17-23(30)10-13-25(26)28(36)37/h8-13,16-17,21H,3-7,14-15,18-19H2,1-2H3,(H,36,37)(H2,31,32,33). The number of carboxylic acids is 1. The third kappa shape index (κ3) is 7.49. The predicted octanol–water partition coefficient (Wildman–Crippen LogP) is 5.77. The molecule has 1 saturated heterocycles. The van der Waals surface area contributed by atoms with Gasteiger partial charge in [0.1, 0.15) is 11.6 Å². The second kappa shape index (κ2) is 13.1. The van der Waals surface area contributed by atoms with Crippen LogP contribution in [0.3, 0.4) is 0 Å². The Balaban J connectivity index is 1.37. The number of piperidine rings is 1. The highest BCUT2D eigenvalue weighted by molar-refractivity contribution is 14.1. The summed E-state index contributed by atoms with van der Waals surface area (Å²) in [5.41, 5.74) is 9.28. The second-order valence-corrected chi connectivity index (χ2v) is 11.2. The second-order valence-electron chi connectivity index (χ2n) is 9.92. The van der Waals surface area contributed by atoms with Crippen LogP contribution < -0.4 is 20.3 Å². The van der Waals surface area contributed by atoms with E-state index in [2.05, 4.69) is 54.5 Å². The quantitative estimate of drug-likeness (QED) is 0.204. The zero-order chi connectivity index (χ0) is 27.1. The number of hydrogen-bond acceptors (Lipinski definition) is 7. The first-order chi connectivity index (χ1) is 18.3. The highest BCUT2D eigenvalue weighted by Gasteiger charge is 2.24. The molecule has 38 heavy (non-hydrogen) atoms. The Labute approximate surface area is 238 Å². The average molecular weight is 630 g/mol. The zero-order valence-corrected chi connectivity index (χ0v) is 24.2. The number of benzene rings is 2. The maximum Gasteiger partial charge on any atom is 0.337 e. The largest absolute Gasteiger partial charge is 0.497 e. The highest BCUT2D eigenvalue weighted by Crippen LogP contribution is 2.30. The van der Waals surface area contributed by atoms with Gasteiger partial charge in [-0.15, -0.1) is 0 Å². The van der Waals surface area contributed by atoms with E-state index in [1.54, 1.807) is 19.2 Å². The molecule has 202 valence electrons. The minimum atomic E-state index is -0.866. The van der Waals surface area contributed by atoms with Crippen molar-refractivity contribution < 1.29 is 14.6 Å². The molecule has 8 nitrogen and oxygen atoms in total.